The highest BCUT2D eigenvalue weighted by Gasteiger charge is 2.29. The summed E-state index contributed by atoms with van der Waals surface area (Å²) in [7, 11) is -3.52. The second-order valence-electron chi connectivity index (χ2n) is 6.41. The van der Waals surface area contributed by atoms with Gasteiger partial charge < -0.3 is 4.42 Å². The largest absolute Gasteiger partial charge is 0.469 e. The van der Waals surface area contributed by atoms with E-state index in [0.29, 0.717) is 29.4 Å². The quantitative estimate of drug-likeness (QED) is 0.589. The van der Waals surface area contributed by atoms with E-state index < -0.39 is 10.0 Å². The van der Waals surface area contributed by atoms with Gasteiger partial charge in [-0.1, -0.05) is 48.0 Å². The van der Waals surface area contributed by atoms with Crippen LogP contribution in [0.3, 0.4) is 0 Å². The monoisotopic (exact) mass is 399 g/mol. The van der Waals surface area contributed by atoms with Gasteiger partial charge in [0.15, 0.2) is 0 Å². The van der Waals surface area contributed by atoms with E-state index in [2.05, 4.69) is 0 Å². The molecule has 0 amide bonds. The third kappa shape index (κ3) is 3.86. The first-order valence-corrected chi connectivity index (χ1v) is 10.4. The van der Waals surface area contributed by atoms with Crippen molar-refractivity contribution >= 4 is 33.8 Å². The number of rotatable bonds is 4. The van der Waals surface area contributed by atoms with Gasteiger partial charge in [0.05, 0.1) is 11.2 Å². The van der Waals surface area contributed by atoms with E-state index in [1.165, 1.54) is 4.31 Å². The first-order chi connectivity index (χ1) is 13.0. The zero-order valence-electron chi connectivity index (χ0n) is 14.5. The minimum Gasteiger partial charge on any atom is -0.469 e. The minimum atomic E-state index is -3.52. The van der Waals surface area contributed by atoms with Gasteiger partial charge in [0.25, 0.3) is 0 Å². The molecule has 1 aliphatic rings. The summed E-state index contributed by atoms with van der Waals surface area (Å²) < 4.78 is 32.7. The number of fused-ring (bicyclic) bond motifs is 1. The van der Waals surface area contributed by atoms with Crippen LogP contribution in [0, 0.1) is 0 Å². The first-order valence-electron chi connectivity index (χ1n) is 8.61. The van der Waals surface area contributed by atoms with Gasteiger partial charge in [-0.2, -0.15) is 4.31 Å². The molecule has 1 aliphatic heterocycles. The van der Waals surface area contributed by atoms with Crippen molar-refractivity contribution in [2.75, 3.05) is 6.54 Å². The van der Waals surface area contributed by atoms with Crippen molar-refractivity contribution in [3.8, 4) is 0 Å². The molecule has 4 rings (SSSR count). The molecule has 138 valence electrons. The molecule has 3 aromatic rings. The number of hydrogen-bond donors (Lipinski definition) is 0. The fourth-order valence-electron chi connectivity index (χ4n) is 3.09. The smallest absolute Gasteiger partial charge is 0.243 e. The third-order valence-electron chi connectivity index (χ3n) is 4.63. The van der Waals surface area contributed by atoms with Gasteiger partial charge in [0, 0.05) is 30.1 Å². The number of halogens is 1. The van der Waals surface area contributed by atoms with Crippen LogP contribution in [-0.2, 0) is 23.0 Å². The summed E-state index contributed by atoms with van der Waals surface area (Å²) in [5.74, 6) is 0.879. The Morgan fingerprint density at radius 1 is 0.926 bits per heavy atom. The lowest BCUT2D eigenvalue weighted by Gasteiger charge is -2.25. The standard InChI is InChI=1S/C21H18ClNO3S/c22-19-7-3-16(4-8-19)1-2-17-5-9-20(10-6-17)27(24,25)23-13-11-21-18(15-23)12-14-26-21/h1-10,12,14H,11,13,15H2/b2-1-. The minimum absolute atomic E-state index is 0.304. The predicted octanol–water partition coefficient (Wildman–Crippen LogP) is 4.85. The Kier molecular flexibility index (Phi) is 4.91. The number of sulfonamides is 1. The molecule has 2 aromatic carbocycles. The van der Waals surface area contributed by atoms with E-state index in [-0.39, 0.29) is 0 Å². The summed E-state index contributed by atoms with van der Waals surface area (Å²) in [4.78, 5) is 0.304. The summed E-state index contributed by atoms with van der Waals surface area (Å²) >= 11 is 5.88. The molecule has 4 nitrogen and oxygen atoms in total. The highest BCUT2D eigenvalue weighted by molar-refractivity contribution is 7.89. The van der Waals surface area contributed by atoms with Crippen molar-refractivity contribution in [2.45, 2.75) is 17.9 Å². The molecule has 2 heterocycles. The normalized spacial score (nSPS) is 15.1. The molecule has 6 heteroatoms. The number of nitrogens with zero attached hydrogens (tertiary/aromatic N) is 1. The van der Waals surface area contributed by atoms with Crippen molar-refractivity contribution < 1.29 is 12.8 Å². The van der Waals surface area contributed by atoms with Crippen molar-refractivity contribution in [1.29, 1.82) is 0 Å². The third-order valence-corrected chi connectivity index (χ3v) is 6.74. The Hall–Kier alpha value is -2.34. The fraction of sp³-hybridized carbons (Fsp3) is 0.143. The van der Waals surface area contributed by atoms with Crippen LogP contribution in [0.4, 0.5) is 0 Å². The van der Waals surface area contributed by atoms with E-state index >= 15 is 0 Å². The fourth-order valence-corrected chi connectivity index (χ4v) is 4.64. The Balaban J connectivity index is 1.50. The molecular formula is C21H18ClNO3S. The molecule has 0 saturated carbocycles. The lowest BCUT2D eigenvalue weighted by atomic mass is 10.1. The van der Waals surface area contributed by atoms with E-state index in [4.69, 9.17) is 16.0 Å². The predicted molar refractivity (Wildman–Crippen MR) is 107 cm³/mol. The van der Waals surface area contributed by atoms with Gasteiger partial charge >= 0.3 is 0 Å². The van der Waals surface area contributed by atoms with Gasteiger partial charge in [-0.05, 0) is 41.5 Å². The van der Waals surface area contributed by atoms with E-state index in [1.807, 2.05) is 54.6 Å². The van der Waals surface area contributed by atoms with E-state index in [1.54, 1.807) is 18.4 Å². The molecule has 0 aliphatic carbocycles. The maximum absolute atomic E-state index is 12.9. The second kappa shape index (κ2) is 7.35. The summed E-state index contributed by atoms with van der Waals surface area (Å²) in [6.07, 6.45) is 6.12. The van der Waals surface area contributed by atoms with Gasteiger partial charge in [0.1, 0.15) is 5.76 Å². The van der Waals surface area contributed by atoms with E-state index in [0.717, 1.165) is 22.5 Å². The molecule has 0 unspecified atom stereocenters. The van der Waals surface area contributed by atoms with Crippen LogP contribution in [0.15, 0.2) is 70.2 Å². The van der Waals surface area contributed by atoms with Crippen molar-refractivity contribution in [1.82, 2.24) is 4.31 Å². The molecule has 0 bridgehead atoms. The van der Waals surface area contributed by atoms with Crippen LogP contribution >= 0.6 is 11.6 Å². The van der Waals surface area contributed by atoms with Gasteiger partial charge in [0.2, 0.25) is 10.0 Å². The molecule has 27 heavy (non-hydrogen) atoms. The van der Waals surface area contributed by atoms with Crippen LogP contribution in [0.25, 0.3) is 12.2 Å². The topological polar surface area (TPSA) is 50.5 Å². The molecule has 1 aromatic heterocycles. The SMILES string of the molecule is O=S(=O)(c1ccc(/C=C\c2ccc(Cl)cc2)cc1)N1CCc2occc2C1. The number of benzene rings is 2. The Morgan fingerprint density at radius 3 is 2.22 bits per heavy atom. The average Bonchev–Trinajstić information content (AvgIpc) is 3.16. The summed E-state index contributed by atoms with van der Waals surface area (Å²) in [6.45, 7) is 0.785. The number of hydrogen-bond acceptors (Lipinski definition) is 3. The second-order valence-corrected chi connectivity index (χ2v) is 8.79. The van der Waals surface area contributed by atoms with Crippen molar-refractivity contribution in [3.05, 3.63) is 88.3 Å². The average molecular weight is 400 g/mol. The summed E-state index contributed by atoms with van der Waals surface area (Å²) in [5, 5.41) is 0.696. The lowest BCUT2D eigenvalue weighted by molar-refractivity contribution is 0.362. The molecule has 0 spiro atoms. The maximum Gasteiger partial charge on any atom is 0.243 e. The molecule has 0 radical (unpaired) electrons. The summed E-state index contributed by atoms with van der Waals surface area (Å²) in [5.41, 5.74) is 2.90. The Morgan fingerprint density at radius 2 is 1.56 bits per heavy atom. The van der Waals surface area contributed by atoms with Crippen molar-refractivity contribution in [2.24, 2.45) is 0 Å². The van der Waals surface area contributed by atoms with Crippen LogP contribution in [-0.4, -0.2) is 19.3 Å². The first kappa shape index (κ1) is 18.0. The van der Waals surface area contributed by atoms with Crippen molar-refractivity contribution in [3.63, 3.8) is 0 Å². The summed E-state index contributed by atoms with van der Waals surface area (Å²) in [6, 6.07) is 16.3. The maximum atomic E-state index is 12.9. The zero-order chi connectivity index (χ0) is 18.9. The van der Waals surface area contributed by atoms with Gasteiger partial charge in [-0.3, -0.25) is 0 Å². The Labute approximate surface area is 163 Å². The highest BCUT2D eigenvalue weighted by Crippen LogP contribution is 2.26. The van der Waals surface area contributed by atoms with E-state index in [9.17, 15) is 8.42 Å². The van der Waals surface area contributed by atoms with Gasteiger partial charge in [-0.15, -0.1) is 0 Å². The molecule has 0 N–H and O–H groups in total. The molecule has 0 atom stereocenters. The highest BCUT2D eigenvalue weighted by atomic mass is 35.5. The van der Waals surface area contributed by atoms with Crippen LogP contribution < -0.4 is 0 Å². The molecule has 0 saturated heterocycles. The zero-order valence-corrected chi connectivity index (χ0v) is 16.1. The van der Waals surface area contributed by atoms with Crippen LogP contribution in [0.5, 0.6) is 0 Å². The number of furan rings is 1. The Bertz CT molecular complexity index is 1070. The van der Waals surface area contributed by atoms with Gasteiger partial charge in [-0.25, -0.2) is 8.42 Å². The van der Waals surface area contributed by atoms with Crippen LogP contribution in [0.1, 0.15) is 22.5 Å². The molecular weight excluding hydrogens is 382 g/mol. The van der Waals surface area contributed by atoms with Crippen LogP contribution in [0.2, 0.25) is 5.02 Å². The molecule has 0 fully saturated rings. The lowest BCUT2D eigenvalue weighted by Crippen LogP contribution is -2.35.